The molecule has 0 aliphatic carbocycles. The maximum atomic E-state index is 9.07. The van der Waals surface area contributed by atoms with Crippen molar-refractivity contribution >= 4 is 0 Å². The van der Waals surface area contributed by atoms with Gasteiger partial charge in [-0.15, -0.1) is 0 Å². The van der Waals surface area contributed by atoms with Gasteiger partial charge in [0.1, 0.15) is 0 Å². The van der Waals surface area contributed by atoms with Crippen molar-refractivity contribution in [3.8, 4) is 11.5 Å². The predicted molar refractivity (Wildman–Crippen MR) is 57.3 cm³/mol. The third-order valence-corrected chi connectivity index (χ3v) is 2.52. The van der Waals surface area contributed by atoms with Crippen LogP contribution in [0, 0.1) is 0 Å². The van der Waals surface area contributed by atoms with Gasteiger partial charge >= 0.3 is 0 Å². The number of benzene rings is 1. The molecule has 0 fully saturated rings. The van der Waals surface area contributed by atoms with E-state index in [1.54, 1.807) is 0 Å². The molecule has 0 radical (unpaired) electrons. The minimum Gasteiger partial charge on any atom is -0.449 e. The highest BCUT2D eigenvalue weighted by Crippen LogP contribution is 2.40. The third kappa shape index (κ3) is 1.92. The van der Waals surface area contributed by atoms with Crippen LogP contribution in [0.25, 0.3) is 0 Å². The Kier molecular flexibility index (Phi) is 2.35. The van der Waals surface area contributed by atoms with Gasteiger partial charge in [0.15, 0.2) is 11.5 Å². The molecule has 0 amide bonds. The summed E-state index contributed by atoms with van der Waals surface area (Å²) in [4.78, 5) is 0. The van der Waals surface area contributed by atoms with Crippen molar-refractivity contribution in [3.05, 3.63) is 23.8 Å². The maximum absolute atomic E-state index is 9.07. The van der Waals surface area contributed by atoms with E-state index in [0.29, 0.717) is 0 Å². The molecule has 82 valence electrons. The van der Waals surface area contributed by atoms with Crippen molar-refractivity contribution in [1.82, 2.24) is 0 Å². The highest BCUT2D eigenvalue weighted by atomic mass is 16.7. The summed E-state index contributed by atoms with van der Waals surface area (Å²) >= 11 is 0. The summed E-state index contributed by atoms with van der Waals surface area (Å²) in [6.07, 6.45) is 0. The van der Waals surface area contributed by atoms with Crippen molar-refractivity contribution in [1.29, 1.82) is 0 Å². The zero-order valence-corrected chi connectivity index (χ0v) is 9.28. The average molecular weight is 208 g/mol. The lowest BCUT2D eigenvalue weighted by molar-refractivity contribution is -0.0431. The highest BCUT2D eigenvalue weighted by Gasteiger charge is 2.31. The summed E-state index contributed by atoms with van der Waals surface area (Å²) in [6, 6.07) is 5.79. The molecule has 1 N–H and O–H groups in total. The molecule has 1 heterocycles. The Morgan fingerprint density at radius 3 is 2.60 bits per heavy atom. The Hall–Kier alpha value is -1.22. The lowest BCUT2D eigenvalue weighted by Crippen LogP contribution is -2.29. The zero-order chi connectivity index (χ0) is 11.1. The van der Waals surface area contributed by atoms with Crippen LogP contribution in [0.5, 0.6) is 11.5 Å². The van der Waals surface area contributed by atoms with Crippen LogP contribution in [0.3, 0.4) is 0 Å². The van der Waals surface area contributed by atoms with E-state index in [9.17, 15) is 0 Å². The van der Waals surface area contributed by atoms with Gasteiger partial charge in [0.2, 0.25) is 5.79 Å². The molecular formula is C12H16O3. The van der Waals surface area contributed by atoms with Crippen molar-refractivity contribution in [2.24, 2.45) is 0 Å². The molecule has 0 saturated carbocycles. The summed E-state index contributed by atoms with van der Waals surface area (Å²) in [7, 11) is 0. The third-order valence-electron chi connectivity index (χ3n) is 2.52. The number of rotatable bonds is 2. The van der Waals surface area contributed by atoms with E-state index >= 15 is 0 Å². The first-order chi connectivity index (χ1) is 7.02. The Morgan fingerprint density at radius 2 is 1.93 bits per heavy atom. The van der Waals surface area contributed by atoms with E-state index in [0.717, 1.165) is 17.1 Å². The summed E-state index contributed by atoms with van der Waals surface area (Å²) in [6.45, 7) is 5.87. The van der Waals surface area contributed by atoms with Crippen LogP contribution in [0.1, 0.15) is 32.3 Å². The summed E-state index contributed by atoms with van der Waals surface area (Å²) in [5, 5.41) is 9.07. The first-order valence-electron chi connectivity index (χ1n) is 5.15. The fourth-order valence-corrected chi connectivity index (χ4v) is 1.65. The van der Waals surface area contributed by atoms with Gasteiger partial charge < -0.3 is 14.6 Å². The SMILES string of the molecule is CC(CO)c1ccc2c(c1)OC(C)(C)O2. The van der Waals surface area contributed by atoms with E-state index in [2.05, 4.69) is 0 Å². The van der Waals surface area contributed by atoms with Crippen LogP contribution >= 0.6 is 0 Å². The Balaban J connectivity index is 2.30. The molecule has 1 unspecified atom stereocenters. The first kappa shape index (κ1) is 10.3. The molecule has 2 rings (SSSR count). The molecule has 0 saturated heterocycles. The Labute approximate surface area is 89.6 Å². The number of hydrogen-bond acceptors (Lipinski definition) is 3. The standard InChI is InChI=1S/C12H16O3/c1-8(7-13)9-4-5-10-11(6-9)15-12(2,3)14-10/h4-6,8,13H,7H2,1-3H3. The lowest BCUT2D eigenvalue weighted by atomic mass is 10.0. The van der Waals surface area contributed by atoms with E-state index < -0.39 is 5.79 Å². The molecule has 0 spiro atoms. The molecular weight excluding hydrogens is 192 g/mol. The van der Waals surface area contributed by atoms with Gasteiger partial charge in [-0.3, -0.25) is 0 Å². The zero-order valence-electron chi connectivity index (χ0n) is 9.28. The summed E-state index contributed by atoms with van der Waals surface area (Å²) in [5.41, 5.74) is 1.07. The molecule has 1 aromatic carbocycles. The van der Waals surface area contributed by atoms with Gasteiger partial charge in [0.25, 0.3) is 0 Å². The van der Waals surface area contributed by atoms with E-state index in [4.69, 9.17) is 14.6 Å². The molecule has 1 aromatic rings. The topological polar surface area (TPSA) is 38.7 Å². The molecule has 3 heteroatoms. The lowest BCUT2D eigenvalue weighted by Gasteiger charge is -2.16. The largest absolute Gasteiger partial charge is 0.449 e. The molecule has 1 aliphatic heterocycles. The van der Waals surface area contributed by atoms with Gasteiger partial charge in [0.05, 0.1) is 0 Å². The monoisotopic (exact) mass is 208 g/mol. The van der Waals surface area contributed by atoms with Crippen LogP contribution in [0.15, 0.2) is 18.2 Å². The molecule has 1 atom stereocenters. The fraction of sp³-hybridized carbons (Fsp3) is 0.500. The number of ether oxygens (including phenoxy) is 2. The van der Waals surface area contributed by atoms with Crippen molar-refractivity contribution in [2.45, 2.75) is 32.5 Å². The van der Waals surface area contributed by atoms with Crippen LogP contribution in [0.4, 0.5) is 0 Å². The number of aliphatic hydroxyl groups is 1. The average Bonchev–Trinajstić information content (AvgIpc) is 2.49. The minimum atomic E-state index is -0.580. The van der Waals surface area contributed by atoms with Crippen LogP contribution in [-0.2, 0) is 0 Å². The fourth-order valence-electron chi connectivity index (χ4n) is 1.65. The summed E-state index contributed by atoms with van der Waals surface area (Å²) in [5.74, 6) is 1.08. The van der Waals surface area contributed by atoms with Gasteiger partial charge in [-0.25, -0.2) is 0 Å². The molecule has 0 bridgehead atoms. The molecule has 15 heavy (non-hydrogen) atoms. The number of fused-ring (bicyclic) bond motifs is 1. The van der Waals surface area contributed by atoms with E-state index in [1.807, 2.05) is 39.0 Å². The van der Waals surface area contributed by atoms with Crippen LogP contribution < -0.4 is 9.47 Å². The molecule has 3 nitrogen and oxygen atoms in total. The van der Waals surface area contributed by atoms with Gasteiger partial charge in [-0.2, -0.15) is 0 Å². The van der Waals surface area contributed by atoms with Crippen molar-refractivity contribution in [2.75, 3.05) is 6.61 Å². The normalized spacial score (nSPS) is 18.9. The molecule has 1 aliphatic rings. The maximum Gasteiger partial charge on any atom is 0.246 e. The Morgan fingerprint density at radius 1 is 1.27 bits per heavy atom. The highest BCUT2D eigenvalue weighted by molar-refractivity contribution is 5.46. The smallest absolute Gasteiger partial charge is 0.246 e. The van der Waals surface area contributed by atoms with Gasteiger partial charge in [-0.05, 0) is 17.7 Å². The predicted octanol–water partition coefficient (Wildman–Crippen LogP) is 2.29. The van der Waals surface area contributed by atoms with E-state index in [-0.39, 0.29) is 12.5 Å². The van der Waals surface area contributed by atoms with Crippen molar-refractivity contribution < 1.29 is 14.6 Å². The minimum absolute atomic E-state index is 0.127. The first-order valence-corrected chi connectivity index (χ1v) is 5.15. The second-order valence-electron chi connectivity index (χ2n) is 4.39. The quantitative estimate of drug-likeness (QED) is 0.810. The number of hydrogen-bond donors (Lipinski definition) is 1. The van der Waals surface area contributed by atoms with Crippen molar-refractivity contribution in [3.63, 3.8) is 0 Å². The van der Waals surface area contributed by atoms with Gasteiger partial charge in [-0.1, -0.05) is 13.0 Å². The molecule has 0 aromatic heterocycles. The summed E-state index contributed by atoms with van der Waals surface area (Å²) < 4.78 is 11.2. The van der Waals surface area contributed by atoms with Crippen LogP contribution in [0.2, 0.25) is 0 Å². The second kappa shape index (κ2) is 3.42. The van der Waals surface area contributed by atoms with Gasteiger partial charge in [0, 0.05) is 26.4 Å². The van der Waals surface area contributed by atoms with Crippen LogP contribution in [-0.4, -0.2) is 17.5 Å². The number of aliphatic hydroxyl groups excluding tert-OH is 1. The second-order valence-corrected chi connectivity index (χ2v) is 4.39. The Bertz CT molecular complexity index is 371. The van der Waals surface area contributed by atoms with E-state index in [1.165, 1.54) is 0 Å².